The standard InChI is InChI=1S/C15H23N3O2/c1-18(2)15(19)10-4-7-13(16)14(8-10)17-11-5-6-12(9-11)20-3/h4,7-8,11-12,17H,5-6,9,16H2,1-3H3. The fourth-order valence-electron chi connectivity index (χ4n) is 2.58. The molecule has 0 radical (unpaired) electrons. The third kappa shape index (κ3) is 3.22. The van der Waals surface area contributed by atoms with E-state index in [1.807, 2.05) is 6.07 Å². The summed E-state index contributed by atoms with van der Waals surface area (Å²) < 4.78 is 5.37. The molecule has 1 saturated carbocycles. The van der Waals surface area contributed by atoms with Gasteiger partial charge in [0.2, 0.25) is 0 Å². The lowest BCUT2D eigenvalue weighted by Gasteiger charge is -2.18. The summed E-state index contributed by atoms with van der Waals surface area (Å²) >= 11 is 0. The van der Waals surface area contributed by atoms with Gasteiger partial charge in [0.25, 0.3) is 5.91 Å². The smallest absolute Gasteiger partial charge is 0.253 e. The topological polar surface area (TPSA) is 67.6 Å². The van der Waals surface area contributed by atoms with Crippen LogP contribution in [0.3, 0.4) is 0 Å². The molecular weight excluding hydrogens is 254 g/mol. The highest BCUT2D eigenvalue weighted by Crippen LogP contribution is 2.28. The summed E-state index contributed by atoms with van der Waals surface area (Å²) in [7, 11) is 5.23. The fourth-order valence-corrected chi connectivity index (χ4v) is 2.58. The van der Waals surface area contributed by atoms with Gasteiger partial charge in [-0.3, -0.25) is 4.79 Å². The minimum atomic E-state index is -0.0192. The zero-order chi connectivity index (χ0) is 14.7. The molecule has 2 unspecified atom stereocenters. The lowest BCUT2D eigenvalue weighted by Crippen LogP contribution is -2.22. The molecule has 1 aromatic rings. The molecule has 0 heterocycles. The number of rotatable bonds is 4. The summed E-state index contributed by atoms with van der Waals surface area (Å²) in [5.41, 5.74) is 8.14. The second-order valence-electron chi connectivity index (χ2n) is 5.51. The van der Waals surface area contributed by atoms with Crippen molar-refractivity contribution >= 4 is 17.3 Å². The number of nitrogen functional groups attached to an aromatic ring is 1. The molecule has 0 bridgehead atoms. The molecule has 0 aromatic heterocycles. The minimum absolute atomic E-state index is 0.0192. The molecule has 2 atom stereocenters. The number of ether oxygens (including phenoxy) is 1. The normalized spacial score (nSPS) is 21.8. The van der Waals surface area contributed by atoms with Crippen LogP contribution in [0.5, 0.6) is 0 Å². The SMILES string of the molecule is COC1CCC(Nc2cc(C(=O)N(C)C)ccc2N)C1. The third-order valence-corrected chi connectivity index (χ3v) is 3.78. The maximum atomic E-state index is 12.0. The highest BCUT2D eigenvalue weighted by atomic mass is 16.5. The van der Waals surface area contributed by atoms with Crippen molar-refractivity contribution in [3.05, 3.63) is 23.8 Å². The first-order chi connectivity index (χ1) is 9.51. The number of carbonyl (C=O) groups excluding carboxylic acids is 1. The van der Waals surface area contributed by atoms with E-state index in [4.69, 9.17) is 10.5 Å². The molecule has 1 aliphatic carbocycles. The number of amides is 1. The lowest BCUT2D eigenvalue weighted by molar-refractivity contribution is 0.0827. The Kier molecular flexibility index (Phi) is 4.49. The van der Waals surface area contributed by atoms with Crippen LogP contribution in [0.4, 0.5) is 11.4 Å². The molecule has 1 fully saturated rings. The van der Waals surface area contributed by atoms with Gasteiger partial charge in [-0.15, -0.1) is 0 Å². The number of carbonyl (C=O) groups is 1. The molecule has 0 saturated heterocycles. The number of methoxy groups -OCH3 is 1. The van der Waals surface area contributed by atoms with E-state index in [0.717, 1.165) is 24.9 Å². The first kappa shape index (κ1) is 14.7. The molecule has 3 N–H and O–H groups in total. The molecule has 2 rings (SSSR count). The van der Waals surface area contributed by atoms with Crippen molar-refractivity contribution in [3.8, 4) is 0 Å². The Morgan fingerprint density at radius 2 is 2.15 bits per heavy atom. The number of anilines is 2. The molecule has 110 valence electrons. The molecule has 5 nitrogen and oxygen atoms in total. The summed E-state index contributed by atoms with van der Waals surface area (Å²) in [5.74, 6) is -0.0192. The van der Waals surface area contributed by atoms with Crippen molar-refractivity contribution in [1.82, 2.24) is 4.90 Å². The van der Waals surface area contributed by atoms with Crippen LogP contribution in [0, 0.1) is 0 Å². The highest BCUT2D eigenvalue weighted by molar-refractivity contribution is 5.95. The van der Waals surface area contributed by atoms with E-state index in [2.05, 4.69) is 5.32 Å². The van der Waals surface area contributed by atoms with Crippen LogP contribution < -0.4 is 11.1 Å². The number of hydrogen-bond donors (Lipinski definition) is 2. The first-order valence-electron chi connectivity index (χ1n) is 6.91. The van der Waals surface area contributed by atoms with E-state index in [9.17, 15) is 4.79 Å². The van der Waals surface area contributed by atoms with Crippen LogP contribution in [-0.2, 0) is 4.74 Å². The van der Waals surface area contributed by atoms with Gasteiger partial charge >= 0.3 is 0 Å². The summed E-state index contributed by atoms with van der Waals surface area (Å²) in [6.45, 7) is 0. The van der Waals surface area contributed by atoms with E-state index in [1.165, 1.54) is 0 Å². The Balaban J connectivity index is 2.11. The molecule has 1 aliphatic rings. The van der Waals surface area contributed by atoms with Gasteiger partial charge < -0.3 is 20.7 Å². The fraction of sp³-hybridized carbons (Fsp3) is 0.533. The molecule has 0 spiro atoms. The predicted octanol–water partition coefficient (Wildman–Crippen LogP) is 1.95. The second kappa shape index (κ2) is 6.13. The van der Waals surface area contributed by atoms with Crippen LogP contribution in [0.2, 0.25) is 0 Å². The number of nitrogens with zero attached hydrogens (tertiary/aromatic N) is 1. The summed E-state index contributed by atoms with van der Waals surface area (Å²) in [6, 6.07) is 5.72. The number of nitrogens with two attached hydrogens (primary N) is 1. The summed E-state index contributed by atoms with van der Waals surface area (Å²) in [4.78, 5) is 13.5. The maximum Gasteiger partial charge on any atom is 0.253 e. The van der Waals surface area contributed by atoms with Gasteiger partial charge in [0, 0.05) is 32.8 Å². The predicted molar refractivity (Wildman–Crippen MR) is 80.9 cm³/mol. The Morgan fingerprint density at radius 3 is 2.75 bits per heavy atom. The number of hydrogen-bond acceptors (Lipinski definition) is 4. The number of benzene rings is 1. The summed E-state index contributed by atoms with van der Waals surface area (Å²) in [6.07, 6.45) is 3.41. The molecule has 5 heteroatoms. The van der Waals surface area contributed by atoms with Crippen LogP contribution in [-0.4, -0.2) is 44.2 Å². The second-order valence-corrected chi connectivity index (χ2v) is 5.51. The van der Waals surface area contributed by atoms with Crippen LogP contribution >= 0.6 is 0 Å². The number of nitrogens with one attached hydrogen (secondary N) is 1. The van der Waals surface area contributed by atoms with Crippen molar-refractivity contribution < 1.29 is 9.53 Å². The average molecular weight is 277 g/mol. The third-order valence-electron chi connectivity index (χ3n) is 3.78. The van der Waals surface area contributed by atoms with Gasteiger partial charge in [-0.2, -0.15) is 0 Å². The molecule has 20 heavy (non-hydrogen) atoms. The van der Waals surface area contributed by atoms with E-state index in [-0.39, 0.29) is 5.91 Å². The molecule has 1 amide bonds. The van der Waals surface area contributed by atoms with Gasteiger partial charge in [-0.05, 0) is 37.5 Å². The zero-order valence-corrected chi connectivity index (χ0v) is 12.3. The van der Waals surface area contributed by atoms with Crippen molar-refractivity contribution in [2.75, 3.05) is 32.3 Å². The zero-order valence-electron chi connectivity index (χ0n) is 12.3. The largest absolute Gasteiger partial charge is 0.397 e. The van der Waals surface area contributed by atoms with Gasteiger partial charge in [0.15, 0.2) is 0 Å². The van der Waals surface area contributed by atoms with Gasteiger partial charge in [0.1, 0.15) is 0 Å². The Hall–Kier alpha value is -1.75. The van der Waals surface area contributed by atoms with Crippen molar-refractivity contribution in [2.45, 2.75) is 31.4 Å². The molecule has 1 aromatic carbocycles. The maximum absolute atomic E-state index is 12.0. The quantitative estimate of drug-likeness (QED) is 0.825. The Bertz CT molecular complexity index is 488. The Morgan fingerprint density at radius 1 is 1.40 bits per heavy atom. The monoisotopic (exact) mass is 277 g/mol. The van der Waals surface area contributed by atoms with E-state index in [1.54, 1.807) is 38.2 Å². The van der Waals surface area contributed by atoms with Crippen molar-refractivity contribution in [3.63, 3.8) is 0 Å². The van der Waals surface area contributed by atoms with Crippen LogP contribution in [0.1, 0.15) is 29.6 Å². The van der Waals surface area contributed by atoms with Crippen molar-refractivity contribution in [1.29, 1.82) is 0 Å². The van der Waals surface area contributed by atoms with E-state index in [0.29, 0.717) is 23.4 Å². The highest BCUT2D eigenvalue weighted by Gasteiger charge is 2.24. The lowest BCUT2D eigenvalue weighted by atomic mass is 10.1. The van der Waals surface area contributed by atoms with E-state index < -0.39 is 0 Å². The Labute approximate surface area is 120 Å². The van der Waals surface area contributed by atoms with Gasteiger partial charge in [-0.25, -0.2) is 0 Å². The van der Waals surface area contributed by atoms with Crippen LogP contribution in [0.25, 0.3) is 0 Å². The molecule has 0 aliphatic heterocycles. The van der Waals surface area contributed by atoms with Crippen LogP contribution in [0.15, 0.2) is 18.2 Å². The minimum Gasteiger partial charge on any atom is -0.397 e. The van der Waals surface area contributed by atoms with E-state index >= 15 is 0 Å². The molecular formula is C15H23N3O2. The van der Waals surface area contributed by atoms with Gasteiger partial charge in [0.05, 0.1) is 17.5 Å². The first-order valence-corrected chi connectivity index (χ1v) is 6.91. The summed E-state index contributed by atoms with van der Waals surface area (Å²) in [5, 5.41) is 3.43. The van der Waals surface area contributed by atoms with Crippen molar-refractivity contribution in [2.24, 2.45) is 0 Å². The van der Waals surface area contributed by atoms with Gasteiger partial charge in [-0.1, -0.05) is 0 Å². The average Bonchev–Trinajstić information content (AvgIpc) is 2.88.